The normalized spacial score (nSPS) is 11.2. The van der Waals surface area contributed by atoms with E-state index < -0.39 is 0 Å². The second kappa shape index (κ2) is 4.38. The third kappa shape index (κ3) is 1.93. The van der Waals surface area contributed by atoms with Crippen molar-refractivity contribution >= 4 is 17.3 Å². The van der Waals surface area contributed by atoms with Gasteiger partial charge in [0.05, 0.1) is 6.20 Å². The zero-order valence-electron chi connectivity index (χ0n) is 9.64. The molecule has 16 heavy (non-hydrogen) atoms. The summed E-state index contributed by atoms with van der Waals surface area (Å²) in [5.41, 5.74) is 6.56. The Morgan fingerprint density at radius 1 is 1.44 bits per heavy atom. The molecule has 2 aromatic heterocycles. The second-order valence-corrected chi connectivity index (χ2v) is 3.83. The maximum atomic E-state index is 5.74. The summed E-state index contributed by atoms with van der Waals surface area (Å²) < 4.78 is 1.88. The number of hydrogen-bond acceptors (Lipinski definition) is 4. The fourth-order valence-corrected chi connectivity index (χ4v) is 1.73. The molecule has 0 spiro atoms. The molecule has 0 fully saturated rings. The lowest BCUT2D eigenvalue weighted by atomic mass is 10.2. The minimum absolute atomic E-state index is 0.412. The number of nitrogen functional groups attached to an aromatic ring is 1. The summed E-state index contributed by atoms with van der Waals surface area (Å²) in [5, 5.41) is 3.37. The highest BCUT2D eigenvalue weighted by Gasteiger charge is 2.09. The van der Waals surface area contributed by atoms with Crippen molar-refractivity contribution in [1.29, 1.82) is 0 Å². The molecule has 0 aliphatic heterocycles. The summed E-state index contributed by atoms with van der Waals surface area (Å²) in [4.78, 5) is 8.56. The van der Waals surface area contributed by atoms with Crippen LogP contribution >= 0.6 is 0 Å². The standard InChI is InChI=1S/C11H17N5/c1-3-8(4-2)14-10-11-13-5-6-16(11)7-9(12)15-10/h5-8H,3-4,12H2,1-2H3,(H,14,15). The van der Waals surface area contributed by atoms with Crippen LogP contribution in [0.1, 0.15) is 26.7 Å². The van der Waals surface area contributed by atoms with Crippen LogP contribution in [0.3, 0.4) is 0 Å². The van der Waals surface area contributed by atoms with E-state index in [1.54, 1.807) is 12.4 Å². The number of rotatable bonds is 4. The van der Waals surface area contributed by atoms with Crippen LogP contribution in [0, 0.1) is 0 Å². The average molecular weight is 219 g/mol. The van der Waals surface area contributed by atoms with E-state index in [9.17, 15) is 0 Å². The molecule has 2 heterocycles. The Bertz CT molecular complexity index is 472. The van der Waals surface area contributed by atoms with Crippen LogP contribution in [-0.4, -0.2) is 20.4 Å². The Morgan fingerprint density at radius 2 is 2.19 bits per heavy atom. The topological polar surface area (TPSA) is 68.2 Å². The highest BCUT2D eigenvalue weighted by Crippen LogP contribution is 2.16. The quantitative estimate of drug-likeness (QED) is 0.824. The van der Waals surface area contributed by atoms with Crippen molar-refractivity contribution in [3.63, 3.8) is 0 Å². The van der Waals surface area contributed by atoms with Gasteiger partial charge in [-0.25, -0.2) is 9.97 Å². The van der Waals surface area contributed by atoms with Gasteiger partial charge in [-0.2, -0.15) is 0 Å². The zero-order valence-corrected chi connectivity index (χ0v) is 9.64. The van der Waals surface area contributed by atoms with E-state index in [0.717, 1.165) is 24.3 Å². The Balaban J connectivity index is 2.38. The van der Waals surface area contributed by atoms with Crippen molar-refractivity contribution in [2.45, 2.75) is 32.7 Å². The van der Waals surface area contributed by atoms with E-state index in [1.165, 1.54) is 0 Å². The van der Waals surface area contributed by atoms with Crippen LogP contribution in [0.15, 0.2) is 18.6 Å². The third-order valence-corrected chi connectivity index (χ3v) is 2.72. The lowest BCUT2D eigenvalue weighted by molar-refractivity contribution is 0.669. The molecule has 0 aromatic carbocycles. The van der Waals surface area contributed by atoms with Crippen molar-refractivity contribution in [1.82, 2.24) is 14.4 Å². The molecule has 0 aliphatic carbocycles. The fourth-order valence-electron chi connectivity index (χ4n) is 1.73. The molecule has 5 heteroatoms. The molecule has 2 rings (SSSR count). The molecule has 0 unspecified atom stereocenters. The van der Waals surface area contributed by atoms with Gasteiger partial charge < -0.3 is 15.5 Å². The van der Waals surface area contributed by atoms with E-state index >= 15 is 0 Å². The predicted octanol–water partition coefficient (Wildman–Crippen LogP) is 1.91. The Hall–Kier alpha value is -1.78. The number of imidazole rings is 1. The van der Waals surface area contributed by atoms with Gasteiger partial charge in [-0.3, -0.25) is 0 Å². The maximum Gasteiger partial charge on any atom is 0.180 e. The summed E-state index contributed by atoms with van der Waals surface area (Å²) in [7, 11) is 0. The molecule has 5 nitrogen and oxygen atoms in total. The first-order chi connectivity index (χ1) is 7.74. The van der Waals surface area contributed by atoms with E-state index in [2.05, 4.69) is 29.1 Å². The molecular formula is C11H17N5. The Kier molecular flexibility index (Phi) is 2.94. The SMILES string of the molecule is CCC(CC)Nc1nc(N)cn2ccnc12. The fraction of sp³-hybridized carbons (Fsp3) is 0.455. The predicted molar refractivity (Wildman–Crippen MR) is 65.4 cm³/mol. The highest BCUT2D eigenvalue weighted by molar-refractivity contribution is 5.65. The molecule has 0 radical (unpaired) electrons. The molecule has 0 saturated heterocycles. The van der Waals surface area contributed by atoms with Crippen molar-refractivity contribution < 1.29 is 0 Å². The minimum Gasteiger partial charge on any atom is -0.382 e. The molecule has 0 amide bonds. The van der Waals surface area contributed by atoms with Gasteiger partial charge in [0.15, 0.2) is 11.5 Å². The summed E-state index contributed by atoms with van der Waals surface area (Å²) in [6, 6.07) is 0.412. The first kappa shape index (κ1) is 10.7. The number of fused-ring (bicyclic) bond motifs is 1. The van der Waals surface area contributed by atoms with Gasteiger partial charge >= 0.3 is 0 Å². The maximum absolute atomic E-state index is 5.74. The van der Waals surface area contributed by atoms with Gasteiger partial charge in [0, 0.05) is 18.4 Å². The molecule has 3 N–H and O–H groups in total. The Labute approximate surface area is 94.7 Å². The molecule has 2 aromatic rings. The molecule has 0 atom stereocenters. The molecular weight excluding hydrogens is 202 g/mol. The van der Waals surface area contributed by atoms with Gasteiger partial charge in [-0.1, -0.05) is 13.8 Å². The molecule has 86 valence electrons. The van der Waals surface area contributed by atoms with E-state index in [-0.39, 0.29) is 0 Å². The zero-order chi connectivity index (χ0) is 11.5. The second-order valence-electron chi connectivity index (χ2n) is 3.83. The van der Waals surface area contributed by atoms with Crippen LogP contribution in [0.2, 0.25) is 0 Å². The highest BCUT2D eigenvalue weighted by atomic mass is 15.1. The largest absolute Gasteiger partial charge is 0.382 e. The summed E-state index contributed by atoms with van der Waals surface area (Å²) in [6.07, 6.45) is 7.49. The van der Waals surface area contributed by atoms with Gasteiger partial charge in [-0.15, -0.1) is 0 Å². The monoisotopic (exact) mass is 219 g/mol. The van der Waals surface area contributed by atoms with Crippen LogP contribution in [0.25, 0.3) is 5.65 Å². The summed E-state index contributed by atoms with van der Waals surface area (Å²) in [6.45, 7) is 4.30. The van der Waals surface area contributed by atoms with Crippen molar-refractivity contribution in [3.05, 3.63) is 18.6 Å². The molecule has 0 aliphatic rings. The average Bonchev–Trinajstić information content (AvgIpc) is 2.73. The van der Waals surface area contributed by atoms with Gasteiger partial charge in [0.2, 0.25) is 0 Å². The number of nitrogens with one attached hydrogen (secondary N) is 1. The summed E-state index contributed by atoms with van der Waals surface area (Å²) >= 11 is 0. The number of anilines is 2. The number of aromatic nitrogens is 3. The van der Waals surface area contributed by atoms with Gasteiger partial charge in [0.25, 0.3) is 0 Å². The van der Waals surface area contributed by atoms with E-state index in [4.69, 9.17) is 5.73 Å². The Morgan fingerprint density at radius 3 is 2.88 bits per heavy atom. The van der Waals surface area contributed by atoms with Gasteiger partial charge in [0.1, 0.15) is 5.82 Å². The molecule has 0 bridgehead atoms. The van der Waals surface area contributed by atoms with Crippen molar-refractivity contribution in [2.24, 2.45) is 0 Å². The van der Waals surface area contributed by atoms with Crippen molar-refractivity contribution in [2.75, 3.05) is 11.1 Å². The number of nitrogens with zero attached hydrogens (tertiary/aromatic N) is 3. The van der Waals surface area contributed by atoms with Crippen LogP contribution in [-0.2, 0) is 0 Å². The van der Waals surface area contributed by atoms with Crippen molar-refractivity contribution in [3.8, 4) is 0 Å². The first-order valence-electron chi connectivity index (χ1n) is 5.60. The third-order valence-electron chi connectivity index (χ3n) is 2.72. The smallest absolute Gasteiger partial charge is 0.180 e. The summed E-state index contributed by atoms with van der Waals surface area (Å²) in [5.74, 6) is 1.26. The van der Waals surface area contributed by atoms with Crippen LogP contribution < -0.4 is 11.1 Å². The van der Waals surface area contributed by atoms with E-state index in [1.807, 2.05) is 10.6 Å². The number of nitrogens with two attached hydrogens (primary N) is 1. The lowest BCUT2D eigenvalue weighted by Crippen LogP contribution is -2.19. The van der Waals surface area contributed by atoms with Crippen LogP contribution in [0.5, 0.6) is 0 Å². The first-order valence-corrected chi connectivity index (χ1v) is 5.60. The van der Waals surface area contributed by atoms with E-state index in [0.29, 0.717) is 11.9 Å². The van der Waals surface area contributed by atoms with Crippen LogP contribution in [0.4, 0.5) is 11.6 Å². The van der Waals surface area contributed by atoms with Gasteiger partial charge in [-0.05, 0) is 12.8 Å². The minimum atomic E-state index is 0.412. The number of hydrogen-bond donors (Lipinski definition) is 2. The molecule has 0 saturated carbocycles. The lowest BCUT2D eigenvalue weighted by Gasteiger charge is -2.16.